The molecule has 1 aliphatic rings. The molecule has 124 valence electrons. The summed E-state index contributed by atoms with van der Waals surface area (Å²) < 4.78 is 27.3. The lowest BCUT2D eigenvalue weighted by molar-refractivity contribution is -0.114. The number of halogens is 1. The van der Waals surface area contributed by atoms with Gasteiger partial charge in [0.05, 0.1) is 4.90 Å². The third kappa shape index (κ3) is 5.24. The lowest BCUT2D eigenvalue weighted by atomic mass is 9.93. The number of rotatable bonds is 4. The molecule has 1 aromatic carbocycles. The van der Waals surface area contributed by atoms with Crippen LogP contribution in [0, 0.1) is 0 Å². The van der Waals surface area contributed by atoms with E-state index in [4.69, 9.17) is 5.73 Å². The SMILES string of the molecule is CC(=O)Nc1ccc(S(=O)(=O)NC2CCC(N)CC2)cc1.Cl. The Bertz CT molecular complexity index is 596. The van der Waals surface area contributed by atoms with Gasteiger partial charge >= 0.3 is 0 Å². The largest absolute Gasteiger partial charge is 0.328 e. The highest BCUT2D eigenvalue weighted by Crippen LogP contribution is 2.20. The molecule has 2 rings (SSSR count). The Balaban J connectivity index is 0.00000242. The van der Waals surface area contributed by atoms with Crippen LogP contribution in [0.4, 0.5) is 5.69 Å². The van der Waals surface area contributed by atoms with Crippen molar-refractivity contribution in [2.24, 2.45) is 5.73 Å². The first-order valence-corrected chi connectivity index (χ1v) is 8.51. The molecule has 0 spiro atoms. The van der Waals surface area contributed by atoms with Gasteiger partial charge in [0.2, 0.25) is 15.9 Å². The van der Waals surface area contributed by atoms with Crippen molar-refractivity contribution in [3.63, 3.8) is 0 Å². The van der Waals surface area contributed by atoms with E-state index in [0.29, 0.717) is 5.69 Å². The fraction of sp³-hybridized carbons (Fsp3) is 0.500. The number of hydrogen-bond donors (Lipinski definition) is 3. The Labute approximate surface area is 137 Å². The van der Waals surface area contributed by atoms with Crippen LogP contribution in [0.5, 0.6) is 0 Å². The molecule has 22 heavy (non-hydrogen) atoms. The predicted molar refractivity (Wildman–Crippen MR) is 88.5 cm³/mol. The van der Waals surface area contributed by atoms with Crippen molar-refractivity contribution in [1.82, 2.24) is 4.72 Å². The van der Waals surface area contributed by atoms with Crippen LogP contribution < -0.4 is 15.8 Å². The minimum atomic E-state index is -3.53. The average Bonchev–Trinajstić information content (AvgIpc) is 2.41. The number of nitrogens with one attached hydrogen (secondary N) is 2. The Morgan fingerprint density at radius 3 is 2.18 bits per heavy atom. The first-order chi connectivity index (χ1) is 9.87. The van der Waals surface area contributed by atoms with Gasteiger partial charge in [0, 0.05) is 24.7 Å². The first kappa shape index (κ1) is 18.9. The van der Waals surface area contributed by atoms with Crippen molar-refractivity contribution in [1.29, 1.82) is 0 Å². The van der Waals surface area contributed by atoms with E-state index in [0.717, 1.165) is 25.7 Å². The maximum atomic E-state index is 12.3. The zero-order valence-corrected chi connectivity index (χ0v) is 14.0. The van der Waals surface area contributed by atoms with Gasteiger partial charge in [0.15, 0.2) is 0 Å². The summed E-state index contributed by atoms with van der Waals surface area (Å²) in [6.45, 7) is 1.40. The molecule has 1 fully saturated rings. The van der Waals surface area contributed by atoms with Gasteiger partial charge < -0.3 is 11.1 Å². The van der Waals surface area contributed by atoms with Crippen molar-refractivity contribution in [2.45, 2.75) is 49.6 Å². The zero-order chi connectivity index (χ0) is 15.5. The van der Waals surface area contributed by atoms with Crippen molar-refractivity contribution in [2.75, 3.05) is 5.32 Å². The van der Waals surface area contributed by atoms with Gasteiger partial charge in [-0.25, -0.2) is 13.1 Å². The van der Waals surface area contributed by atoms with E-state index >= 15 is 0 Å². The van der Waals surface area contributed by atoms with Crippen LogP contribution in [-0.2, 0) is 14.8 Å². The van der Waals surface area contributed by atoms with Gasteiger partial charge in [-0.3, -0.25) is 4.79 Å². The number of sulfonamides is 1. The molecule has 8 heteroatoms. The topological polar surface area (TPSA) is 101 Å². The minimum Gasteiger partial charge on any atom is -0.328 e. The highest BCUT2D eigenvalue weighted by atomic mass is 35.5. The fourth-order valence-electron chi connectivity index (χ4n) is 2.45. The molecule has 1 aromatic rings. The van der Waals surface area contributed by atoms with Gasteiger partial charge in [-0.15, -0.1) is 12.4 Å². The van der Waals surface area contributed by atoms with Crippen LogP contribution in [0.1, 0.15) is 32.6 Å². The highest BCUT2D eigenvalue weighted by Gasteiger charge is 2.24. The molecule has 0 heterocycles. The molecule has 0 atom stereocenters. The molecule has 0 radical (unpaired) electrons. The van der Waals surface area contributed by atoms with Gasteiger partial charge in [0.1, 0.15) is 0 Å². The normalized spacial score (nSPS) is 21.7. The Morgan fingerprint density at radius 2 is 1.68 bits per heavy atom. The van der Waals surface area contributed by atoms with Crippen LogP contribution in [0.2, 0.25) is 0 Å². The molecule has 6 nitrogen and oxygen atoms in total. The van der Waals surface area contributed by atoms with Crippen molar-refractivity contribution in [3.05, 3.63) is 24.3 Å². The maximum Gasteiger partial charge on any atom is 0.240 e. The summed E-state index contributed by atoms with van der Waals surface area (Å²) in [5, 5.41) is 2.60. The number of carbonyl (C=O) groups is 1. The summed E-state index contributed by atoms with van der Waals surface area (Å²) in [4.78, 5) is 11.1. The zero-order valence-electron chi connectivity index (χ0n) is 12.4. The maximum absolute atomic E-state index is 12.3. The number of benzene rings is 1. The van der Waals surface area contributed by atoms with E-state index < -0.39 is 10.0 Å². The summed E-state index contributed by atoms with van der Waals surface area (Å²) in [5.41, 5.74) is 6.39. The number of carbonyl (C=O) groups excluding carboxylic acids is 1. The second-order valence-corrected chi connectivity index (χ2v) is 7.15. The second-order valence-electron chi connectivity index (χ2n) is 5.44. The molecule has 1 aliphatic carbocycles. The van der Waals surface area contributed by atoms with E-state index in [9.17, 15) is 13.2 Å². The first-order valence-electron chi connectivity index (χ1n) is 7.02. The third-order valence-electron chi connectivity index (χ3n) is 3.58. The smallest absolute Gasteiger partial charge is 0.240 e. The molecule has 0 saturated heterocycles. The summed E-state index contributed by atoms with van der Waals surface area (Å²) in [7, 11) is -3.53. The average molecular weight is 348 g/mol. The minimum absolute atomic E-state index is 0. The van der Waals surface area contributed by atoms with Crippen molar-refractivity contribution in [3.8, 4) is 0 Å². The molecule has 0 unspecified atom stereocenters. The van der Waals surface area contributed by atoms with E-state index in [-0.39, 0.29) is 35.3 Å². The molecular formula is C14H22ClN3O3S. The molecule has 0 aliphatic heterocycles. The van der Waals surface area contributed by atoms with Crippen LogP contribution in [0.15, 0.2) is 29.2 Å². The molecule has 4 N–H and O–H groups in total. The van der Waals surface area contributed by atoms with Crippen LogP contribution >= 0.6 is 12.4 Å². The Kier molecular flexibility index (Phi) is 6.80. The van der Waals surface area contributed by atoms with E-state index in [1.807, 2.05) is 0 Å². The van der Waals surface area contributed by atoms with Gasteiger partial charge in [-0.2, -0.15) is 0 Å². The monoisotopic (exact) mass is 347 g/mol. The lowest BCUT2D eigenvalue weighted by Gasteiger charge is -2.26. The Morgan fingerprint density at radius 1 is 1.14 bits per heavy atom. The second kappa shape index (κ2) is 7.92. The van der Waals surface area contributed by atoms with Crippen LogP contribution in [0.25, 0.3) is 0 Å². The van der Waals surface area contributed by atoms with Crippen LogP contribution in [-0.4, -0.2) is 26.4 Å². The number of hydrogen-bond acceptors (Lipinski definition) is 4. The lowest BCUT2D eigenvalue weighted by Crippen LogP contribution is -2.40. The van der Waals surface area contributed by atoms with Crippen molar-refractivity contribution >= 4 is 34.0 Å². The highest BCUT2D eigenvalue weighted by molar-refractivity contribution is 7.89. The standard InChI is InChI=1S/C14H21N3O3S.ClH/c1-10(18)16-12-6-8-14(9-7-12)21(19,20)17-13-4-2-11(15)3-5-13;/h6-9,11,13,17H,2-5,15H2,1H3,(H,16,18);1H. The molecular weight excluding hydrogens is 326 g/mol. The summed E-state index contributed by atoms with van der Waals surface area (Å²) >= 11 is 0. The van der Waals surface area contributed by atoms with Gasteiger partial charge in [-0.05, 0) is 49.9 Å². The Hall–Kier alpha value is -1.15. The molecule has 1 amide bonds. The van der Waals surface area contributed by atoms with Crippen LogP contribution in [0.3, 0.4) is 0 Å². The fourth-order valence-corrected chi connectivity index (χ4v) is 3.75. The van der Waals surface area contributed by atoms with E-state index in [1.165, 1.54) is 19.1 Å². The van der Waals surface area contributed by atoms with Gasteiger partial charge in [0.25, 0.3) is 0 Å². The van der Waals surface area contributed by atoms with Crippen molar-refractivity contribution < 1.29 is 13.2 Å². The summed E-state index contributed by atoms with van der Waals surface area (Å²) in [6.07, 6.45) is 3.22. The number of anilines is 1. The number of amides is 1. The third-order valence-corrected chi connectivity index (χ3v) is 5.12. The molecule has 0 bridgehead atoms. The summed E-state index contributed by atoms with van der Waals surface area (Å²) in [5.74, 6) is -0.192. The summed E-state index contributed by atoms with van der Waals surface area (Å²) in [6, 6.07) is 6.26. The predicted octanol–water partition coefficient (Wildman–Crippen LogP) is 1.61. The van der Waals surface area contributed by atoms with E-state index in [1.54, 1.807) is 12.1 Å². The van der Waals surface area contributed by atoms with E-state index in [2.05, 4.69) is 10.0 Å². The molecule has 0 aromatic heterocycles. The number of nitrogens with two attached hydrogens (primary N) is 1. The van der Waals surface area contributed by atoms with Gasteiger partial charge in [-0.1, -0.05) is 0 Å². The quantitative estimate of drug-likeness (QED) is 0.770. The molecule has 1 saturated carbocycles.